The van der Waals surface area contributed by atoms with Gasteiger partial charge in [-0.05, 0) is 31.6 Å². The maximum Gasteiger partial charge on any atom is 0.225 e. The van der Waals surface area contributed by atoms with E-state index in [9.17, 15) is 4.79 Å². The Bertz CT molecular complexity index is 276. The fourth-order valence-corrected chi connectivity index (χ4v) is 3.21. The summed E-state index contributed by atoms with van der Waals surface area (Å²) in [5, 5.41) is 0. The summed E-state index contributed by atoms with van der Waals surface area (Å²) in [6.07, 6.45) is 8.48. The zero-order valence-electron chi connectivity index (χ0n) is 13.4. The van der Waals surface area contributed by atoms with Crippen LogP contribution in [0, 0.1) is 11.8 Å². The molecule has 1 fully saturated rings. The van der Waals surface area contributed by atoms with Crippen LogP contribution in [0.4, 0.5) is 0 Å². The van der Waals surface area contributed by atoms with E-state index in [1.54, 1.807) is 12.0 Å². The summed E-state index contributed by atoms with van der Waals surface area (Å²) in [6, 6.07) is -0.0881. The van der Waals surface area contributed by atoms with Gasteiger partial charge in [-0.25, -0.2) is 0 Å². The number of methoxy groups -OCH3 is 1. The van der Waals surface area contributed by atoms with Crippen molar-refractivity contribution >= 4 is 5.91 Å². The lowest BCUT2D eigenvalue weighted by molar-refractivity contribution is -0.135. The smallest absolute Gasteiger partial charge is 0.225 e. The lowest BCUT2D eigenvalue weighted by Gasteiger charge is -2.31. The van der Waals surface area contributed by atoms with Crippen LogP contribution in [-0.4, -0.2) is 44.2 Å². The molecule has 4 heteroatoms. The van der Waals surface area contributed by atoms with Crippen molar-refractivity contribution in [2.45, 2.75) is 57.9 Å². The van der Waals surface area contributed by atoms with Crippen molar-refractivity contribution in [2.24, 2.45) is 17.6 Å². The largest absolute Gasteiger partial charge is 0.383 e. The van der Waals surface area contributed by atoms with Crippen LogP contribution in [0.3, 0.4) is 0 Å². The Kier molecular flexibility index (Phi) is 8.15. The average Bonchev–Trinajstić information content (AvgIpc) is 2.45. The predicted octanol–water partition coefficient (Wildman–Crippen LogP) is 2.42. The number of likely N-dealkylation sites (N-methyl/N-ethyl adjacent to an activating group) is 1. The van der Waals surface area contributed by atoms with Crippen LogP contribution >= 0.6 is 0 Å². The molecule has 118 valence electrons. The molecule has 1 atom stereocenters. The zero-order valence-corrected chi connectivity index (χ0v) is 13.4. The Morgan fingerprint density at radius 1 is 1.35 bits per heavy atom. The molecule has 0 saturated heterocycles. The van der Waals surface area contributed by atoms with E-state index in [4.69, 9.17) is 10.5 Å². The second-order valence-corrected chi connectivity index (χ2v) is 6.29. The van der Waals surface area contributed by atoms with Crippen LogP contribution in [0.15, 0.2) is 0 Å². The van der Waals surface area contributed by atoms with Gasteiger partial charge in [0.15, 0.2) is 0 Å². The third-order valence-corrected chi connectivity index (χ3v) is 4.43. The van der Waals surface area contributed by atoms with E-state index in [0.29, 0.717) is 13.2 Å². The van der Waals surface area contributed by atoms with Gasteiger partial charge in [-0.1, -0.05) is 26.2 Å². The van der Waals surface area contributed by atoms with Crippen LogP contribution in [0.25, 0.3) is 0 Å². The second kappa shape index (κ2) is 9.35. The van der Waals surface area contributed by atoms with Gasteiger partial charge in [0.25, 0.3) is 0 Å². The Hall–Kier alpha value is -0.610. The minimum Gasteiger partial charge on any atom is -0.383 e. The highest BCUT2D eigenvalue weighted by Crippen LogP contribution is 2.32. The van der Waals surface area contributed by atoms with Crippen LogP contribution in [0.5, 0.6) is 0 Å². The second-order valence-electron chi connectivity index (χ2n) is 6.29. The number of hydrogen-bond acceptors (Lipinski definition) is 3. The standard InChI is InChI=1S/C16H32N2O2/c1-4-5-6-13-7-9-14(10-8-13)16(19)18(2)11-15(17)12-20-3/h13-15H,4-12,17H2,1-3H3. The summed E-state index contributed by atoms with van der Waals surface area (Å²) in [4.78, 5) is 14.2. The quantitative estimate of drug-likeness (QED) is 0.744. The molecule has 1 saturated carbocycles. The molecule has 2 N–H and O–H groups in total. The lowest BCUT2D eigenvalue weighted by atomic mass is 9.79. The summed E-state index contributed by atoms with van der Waals surface area (Å²) in [7, 11) is 3.50. The monoisotopic (exact) mass is 284 g/mol. The number of unbranched alkanes of at least 4 members (excludes halogenated alkanes) is 1. The van der Waals surface area contributed by atoms with Gasteiger partial charge in [-0.15, -0.1) is 0 Å². The molecule has 1 rings (SSSR count). The number of ether oxygens (including phenoxy) is 1. The molecule has 4 nitrogen and oxygen atoms in total. The van der Waals surface area contributed by atoms with E-state index in [1.807, 2.05) is 7.05 Å². The van der Waals surface area contributed by atoms with Crippen molar-refractivity contribution in [3.63, 3.8) is 0 Å². The molecule has 0 radical (unpaired) electrons. The van der Waals surface area contributed by atoms with Crippen molar-refractivity contribution in [1.82, 2.24) is 4.90 Å². The van der Waals surface area contributed by atoms with Crippen molar-refractivity contribution in [3.05, 3.63) is 0 Å². The van der Waals surface area contributed by atoms with Crippen LogP contribution in [0.1, 0.15) is 51.9 Å². The number of hydrogen-bond donors (Lipinski definition) is 1. The van der Waals surface area contributed by atoms with Gasteiger partial charge in [-0.2, -0.15) is 0 Å². The highest BCUT2D eigenvalue weighted by Gasteiger charge is 2.28. The SMILES string of the molecule is CCCCC1CCC(C(=O)N(C)CC(N)COC)CC1. The first-order valence-corrected chi connectivity index (χ1v) is 8.07. The highest BCUT2D eigenvalue weighted by atomic mass is 16.5. The molecule has 1 amide bonds. The van der Waals surface area contributed by atoms with Crippen molar-refractivity contribution in [2.75, 3.05) is 27.3 Å². The molecule has 0 aromatic rings. The van der Waals surface area contributed by atoms with Crippen LogP contribution < -0.4 is 5.73 Å². The fraction of sp³-hybridized carbons (Fsp3) is 0.938. The molecule has 0 aromatic carbocycles. The molecule has 1 aliphatic rings. The molecule has 0 heterocycles. The van der Waals surface area contributed by atoms with Crippen molar-refractivity contribution < 1.29 is 9.53 Å². The summed E-state index contributed by atoms with van der Waals surface area (Å²) < 4.78 is 5.02. The average molecular weight is 284 g/mol. The molecule has 1 unspecified atom stereocenters. The molecular weight excluding hydrogens is 252 g/mol. The van der Waals surface area contributed by atoms with Gasteiger partial charge in [-0.3, -0.25) is 4.79 Å². The maximum absolute atomic E-state index is 12.4. The zero-order chi connectivity index (χ0) is 15.0. The van der Waals surface area contributed by atoms with Crippen molar-refractivity contribution in [3.8, 4) is 0 Å². The van der Waals surface area contributed by atoms with Crippen LogP contribution in [-0.2, 0) is 9.53 Å². The van der Waals surface area contributed by atoms with E-state index in [-0.39, 0.29) is 17.9 Å². The Labute approximate surface area is 124 Å². The number of carbonyl (C=O) groups excluding carboxylic acids is 1. The first kappa shape index (κ1) is 17.4. The van der Waals surface area contributed by atoms with Crippen molar-refractivity contribution in [1.29, 1.82) is 0 Å². The summed E-state index contributed by atoms with van der Waals surface area (Å²) in [5.74, 6) is 1.33. The molecule has 0 aliphatic heterocycles. The van der Waals surface area contributed by atoms with Gasteiger partial charge in [0.2, 0.25) is 5.91 Å². The Morgan fingerprint density at radius 3 is 2.55 bits per heavy atom. The first-order chi connectivity index (χ1) is 9.58. The minimum absolute atomic E-state index is 0.0881. The third kappa shape index (κ3) is 5.80. The predicted molar refractivity (Wildman–Crippen MR) is 82.5 cm³/mol. The van der Waals surface area contributed by atoms with Gasteiger partial charge < -0.3 is 15.4 Å². The third-order valence-electron chi connectivity index (χ3n) is 4.43. The van der Waals surface area contributed by atoms with E-state index >= 15 is 0 Å². The highest BCUT2D eigenvalue weighted by molar-refractivity contribution is 5.78. The summed E-state index contributed by atoms with van der Waals surface area (Å²) in [5.41, 5.74) is 5.91. The number of nitrogens with two attached hydrogens (primary N) is 1. The van der Waals surface area contributed by atoms with Crippen LogP contribution in [0.2, 0.25) is 0 Å². The van der Waals surface area contributed by atoms with Gasteiger partial charge in [0.1, 0.15) is 0 Å². The minimum atomic E-state index is -0.0881. The van der Waals surface area contributed by atoms with E-state index in [1.165, 1.54) is 32.1 Å². The van der Waals surface area contributed by atoms with Gasteiger partial charge in [0, 0.05) is 32.7 Å². The number of rotatable bonds is 8. The van der Waals surface area contributed by atoms with Gasteiger partial charge >= 0.3 is 0 Å². The molecule has 0 bridgehead atoms. The Morgan fingerprint density at radius 2 is 2.00 bits per heavy atom. The maximum atomic E-state index is 12.4. The number of nitrogens with zero attached hydrogens (tertiary/aromatic N) is 1. The fourth-order valence-electron chi connectivity index (χ4n) is 3.21. The lowest BCUT2D eigenvalue weighted by Crippen LogP contribution is -2.43. The normalized spacial score (nSPS) is 24.4. The van der Waals surface area contributed by atoms with E-state index in [0.717, 1.165) is 18.8 Å². The summed E-state index contributed by atoms with van der Waals surface area (Å²) >= 11 is 0. The molecule has 0 spiro atoms. The van der Waals surface area contributed by atoms with E-state index < -0.39 is 0 Å². The van der Waals surface area contributed by atoms with Gasteiger partial charge in [0.05, 0.1) is 6.61 Å². The molecule has 0 aromatic heterocycles. The molecule has 1 aliphatic carbocycles. The number of amides is 1. The summed E-state index contributed by atoms with van der Waals surface area (Å²) in [6.45, 7) is 3.33. The van der Waals surface area contributed by atoms with E-state index in [2.05, 4.69) is 6.92 Å². The topological polar surface area (TPSA) is 55.6 Å². The Balaban J connectivity index is 2.30. The number of carbonyl (C=O) groups is 1. The molecular formula is C16H32N2O2. The molecule has 20 heavy (non-hydrogen) atoms. The first-order valence-electron chi connectivity index (χ1n) is 8.07.